The smallest absolute Gasteiger partial charge is 0.330 e. The van der Waals surface area contributed by atoms with Crippen molar-refractivity contribution in [2.24, 2.45) is 5.92 Å². The SMILES string of the molecule is CCOC(=O)/C=C/c1ccc(NC(=O)C2CCN(S(=O)(=O)c3ccc4ccccc4c3)CC2)cc1. The second-order valence-corrected chi connectivity index (χ2v) is 10.3. The normalized spacial score (nSPS) is 15.3. The van der Waals surface area contributed by atoms with Crippen molar-refractivity contribution < 1.29 is 22.7 Å². The molecule has 1 fully saturated rings. The average Bonchev–Trinajstić information content (AvgIpc) is 2.88. The molecular weight excluding hydrogens is 464 g/mol. The van der Waals surface area contributed by atoms with Gasteiger partial charge in [0.1, 0.15) is 0 Å². The lowest BCUT2D eigenvalue weighted by molar-refractivity contribution is -0.137. The maximum absolute atomic E-state index is 13.2. The van der Waals surface area contributed by atoms with Crippen LogP contribution in [-0.2, 0) is 24.3 Å². The first-order chi connectivity index (χ1) is 16.9. The van der Waals surface area contributed by atoms with Gasteiger partial charge in [-0.25, -0.2) is 13.2 Å². The molecule has 1 aliphatic rings. The number of esters is 1. The summed E-state index contributed by atoms with van der Waals surface area (Å²) >= 11 is 0. The van der Waals surface area contributed by atoms with E-state index in [0.29, 0.717) is 38.2 Å². The largest absolute Gasteiger partial charge is 0.463 e. The van der Waals surface area contributed by atoms with Crippen LogP contribution < -0.4 is 5.32 Å². The van der Waals surface area contributed by atoms with Crippen LogP contribution in [0.4, 0.5) is 5.69 Å². The number of anilines is 1. The van der Waals surface area contributed by atoms with Crippen LogP contribution >= 0.6 is 0 Å². The number of amides is 1. The number of hydrogen-bond acceptors (Lipinski definition) is 5. The molecule has 3 aromatic carbocycles. The number of carbonyl (C=O) groups excluding carboxylic acids is 2. The summed E-state index contributed by atoms with van der Waals surface area (Å²) in [5.74, 6) is -0.789. The first kappa shape index (κ1) is 24.6. The van der Waals surface area contributed by atoms with Gasteiger partial charge < -0.3 is 10.1 Å². The van der Waals surface area contributed by atoms with Crippen LogP contribution in [0, 0.1) is 5.92 Å². The second kappa shape index (κ2) is 10.8. The van der Waals surface area contributed by atoms with Gasteiger partial charge in [-0.3, -0.25) is 4.79 Å². The van der Waals surface area contributed by atoms with Gasteiger partial charge in [0.25, 0.3) is 0 Å². The van der Waals surface area contributed by atoms with Gasteiger partial charge >= 0.3 is 5.97 Å². The third-order valence-electron chi connectivity index (χ3n) is 6.06. The van der Waals surface area contributed by atoms with Crippen LogP contribution in [0.5, 0.6) is 0 Å². The lowest BCUT2D eigenvalue weighted by atomic mass is 9.97. The number of carbonyl (C=O) groups is 2. The number of fused-ring (bicyclic) bond motifs is 1. The van der Waals surface area contributed by atoms with Crippen LogP contribution in [-0.4, -0.2) is 44.3 Å². The molecule has 1 saturated heterocycles. The maximum Gasteiger partial charge on any atom is 0.330 e. The fourth-order valence-electron chi connectivity index (χ4n) is 4.11. The van der Waals surface area contributed by atoms with Gasteiger partial charge in [-0.1, -0.05) is 42.5 Å². The molecule has 0 aliphatic carbocycles. The van der Waals surface area contributed by atoms with Gasteiger partial charge in [0.05, 0.1) is 11.5 Å². The van der Waals surface area contributed by atoms with Crippen molar-refractivity contribution in [2.75, 3.05) is 25.0 Å². The molecule has 0 atom stereocenters. The highest BCUT2D eigenvalue weighted by Crippen LogP contribution is 2.27. The minimum atomic E-state index is -3.62. The summed E-state index contributed by atoms with van der Waals surface area (Å²) in [4.78, 5) is 24.4. The number of sulfonamides is 1. The highest BCUT2D eigenvalue weighted by Gasteiger charge is 2.32. The van der Waals surface area contributed by atoms with E-state index in [2.05, 4.69) is 5.32 Å². The zero-order chi connectivity index (χ0) is 24.8. The third-order valence-corrected chi connectivity index (χ3v) is 7.95. The predicted octanol–water partition coefficient (Wildman–Crippen LogP) is 4.46. The van der Waals surface area contributed by atoms with Crippen LogP contribution in [0.2, 0.25) is 0 Å². The van der Waals surface area contributed by atoms with E-state index in [1.165, 1.54) is 10.4 Å². The fourth-order valence-corrected chi connectivity index (χ4v) is 5.62. The molecule has 0 bridgehead atoms. The Morgan fingerprint density at radius 1 is 1.00 bits per heavy atom. The summed E-state index contributed by atoms with van der Waals surface area (Å²) in [7, 11) is -3.62. The molecule has 1 amide bonds. The lowest BCUT2D eigenvalue weighted by Crippen LogP contribution is -2.41. The number of ether oxygens (including phenoxy) is 1. The zero-order valence-electron chi connectivity index (χ0n) is 19.5. The molecule has 7 nitrogen and oxygen atoms in total. The van der Waals surface area contributed by atoms with Crippen LogP contribution in [0.1, 0.15) is 25.3 Å². The van der Waals surface area contributed by atoms with Gasteiger partial charge in [-0.15, -0.1) is 0 Å². The van der Waals surface area contributed by atoms with Crippen molar-refractivity contribution >= 4 is 44.4 Å². The number of nitrogens with zero attached hydrogens (tertiary/aromatic N) is 1. The Labute approximate surface area is 205 Å². The molecule has 35 heavy (non-hydrogen) atoms. The van der Waals surface area contributed by atoms with Crippen molar-refractivity contribution in [3.8, 4) is 0 Å². The minimum absolute atomic E-state index is 0.123. The van der Waals surface area contributed by atoms with E-state index < -0.39 is 16.0 Å². The first-order valence-corrected chi connectivity index (χ1v) is 13.1. The first-order valence-electron chi connectivity index (χ1n) is 11.6. The molecule has 0 aromatic heterocycles. The maximum atomic E-state index is 13.2. The van der Waals surface area contributed by atoms with E-state index in [1.807, 2.05) is 30.3 Å². The molecular formula is C27H28N2O5S. The van der Waals surface area contributed by atoms with E-state index in [0.717, 1.165) is 16.3 Å². The Balaban J connectivity index is 1.33. The van der Waals surface area contributed by atoms with Crippen molar-refractivity contribution in [2.45, 2.75) is 24.7 Å². The number of benzene rings is 3. The van der Waals surface area contributed by atoms with E-state index in [1.54, 1.807) is 49.4 Å². The summed E-state index contributed by atoms with van der Waals surface area (Å²) in [6, 6.07) is 19.9. The van der Waals surface area contributed by atoms with E-state index in [4.69, 9.17) is 4.74 Å². The Hall–Kier alpha value is -3.49. The Morgan fingerprint density at radius 2 is 1.69 bits per heavy atom. The molecule has 0 saturated carbocycles. The van der Waals surface area contributed by atoms with Crippen LogP contribution in [0.15, 0.2) is 77.7 Å². The summed E-state index contributed by atoms with van der Waals surface area (Å²) < 4.78 is 32.6. The predicted molar refractivity (Wildman–Crippen MR) is 136 cm³/mol. The van der Waals surface area contributed by atoms with Gasteiger partial charge in [-0.2, -0.15) is 4.31 Å². The molecule has 0 radical (unpaired) electrons. The van der Waals surface area contributed by atoms with Gasteiger partial charge in [0.2, 0.25) is 15.9 Å². The molecule has 1 N–H and O–H groups in total. The quantitative estimate of drug-likeness (QED) is 0.388. The molecule has 1 heterocycles. The second-order valence-electron chi connectivity index (χ2n) is 8.38. The third kappa shape index (κ3) is 5.96. The van der Waals surface area contributed by atoms with Gasteiger partial charge in [0.15, 0.2) is 0 Å². The van der Waals surface area contributed by atoms with Crippen molar-refractivity contribution in [1.82, 2.24) is 4.31 Å². The van der Waals surface area contributed by atoms with Crippen molar-refractivity contribution in [3.63, 3.8) is 0 Å². The monoisotopic (exact) mass is 492 g/mol. The van der Waals surface area contributed by atoms with E-state index in [-0.39, 0.29) is 16.7 Å². The van der Waals surface area contributed by atoms with Crippen LogP contribution in [0.3, 0.4) is 0 Å². The summed E-state index contributed by atoms with van der Waals surface area (Å²) in [6.45, 7) is 2.66. The topological polar surface area (TPSA) is 92.8 Å². The zero-order valence-corrected chi connectivity index (χ0v) is 20.3. The standard InChI is InChI=1S/C27H28N2O5S/c1-2-34-26(30)14-9-20-7-11-24(12-8-20)28-27(31)22-15-17-29(18-16-22)35(32,33)25-13-10-21-5-3-4-6-23(21)19-25/h3-14,19,22H,2,15-18H2,1H3,(H,28,31)/b14-9+. The van der Waals surface area contributed by atoms with Crippen molar-refractivity contribution in [3.05, 3.63) is 78.4 Å². The Kier molecular flexibility index (Phi) is 7.63. The molecule has 0 spiro atoms. The molecule has 3 aromatic rings. The average molecular weight is 493 g/mol. The summed E-state index contributed by atoms with van der Waals surface area (Å²) in [5, 5.41) is 4.78. The lowest BCUT2D eigenvalue weighted by Gasteiger charge is -2.30. The van der Waals surface area contributed by atoms with Crippen LogP contribution in [0.25, 0.3) is 16.8 Å². The van der Waals surface area contributed by atoms with Gasteiger partial charge in [0, 0.05) is 30.8 Å². The number of nitrogens with one attached hydrogen (secondary N) is 1. The fraction of sp³-hybridized carbons (Fsp3) is 0.259. The number of hydrogen-bond donors (Lipinski definition) is 1. The minimum Gasteiger partial charge on any atom is -0.463 e. The molecule has 1 aliphatic heterocycles. The highest BCUT2D eigenvalue weighted by atomic mass is 32.2. The molecule has 4 rings (SSSR count). The molecule has 8 heteroatoms. The Morgan fingerprint density at radius 3 is 2.37 bits per heavy atom. The summed E-state index contributed by atoms with van der Waals surface area (Å²) in [5.41, 5.74) is 1.46. The highest BCUT2D eigenvalue weighted by molar-refractivity contribution is 7.89. The summed E-state index contributed by atoms with van der Waals surface area (Å²) in [6.07, 6.45) is 3.92. The Bertz CT molecular complexity index is 1340. The van der Waals surface area contributed by atoms with E-state index in [9.17, 15) is 18.0 Å². The number of rotatable bonds is 7. The van der Waals surface area contributed by atoms with E-state index >= 15 is 0 Å². The number of piperidine rings is 1. The van der Waals surface area contributed by atoms with Crippen molar-refractivity contribution in [1.29, 1.82) is 0 Å². The molecule has 182 valence electrons. The molecule has 0 unspecified atom stereocenters. The van der Waals surface area contributed by atoms with Gasteiger partial charge in [-0.05, 0) is 66.4 Å².